The van der Waals surface area contributed by atoms with Crippen LogP contribution in [0.2, 0.25) is 0 Å². The van der Waals surface area contributed by atoms with Crippen LogP contribution in [0.25, 0.3) is 0 Å². The maximum Gasteiger partial charge on any atom is 0.191 e. The second-order valence-corrected chi connectivity index (χ2v) is 5.72. The third-order valence-electron chi connectivity index (χ3n) is 2.90. The maximum absolute atomic E-state index is 5.28. The molecule has 0 aliphatic heterocycles. The quantitative estimate of drug-likeness (QED) is 0.610. The maximum atomic E-state index is 5.28. The number of nitrogens with zero attached hydrogens (tertiary/aromatic N) is 2. The Morgan fingerprint density at radius 1 is 1.38 bits per heavy atom. The van der Waals surface area contributed by atoms with E-state index in [1.165, 1.54) is 9.88 Å². The molecule has 2 aromatic heterocycles. The Bertz CT molecular complexity index is 548. The van der Waals surface area contributed by atoms with Gasteiger partial charge < -0.3 is 15.1 Å². The number of thiazole rings is 1. The van der Waals surface area contributed by atoms with Crippen molar-refractivity contribution in [1.29, 1.82) is 0 Å². The number of rotatable bonds is 7. The molecule has 0 fully saturated rings. The zero-order valence-corrected chi connectivity index (χ0v) is 13.4. The van der Waals surface area contributed by atoms with Crippen molar-refractivity contribution in [3.63, 3.8) is 0 Å². The first-order valence-electron chi connectivity index (χ1n) is 7.30. The minimum Gasteiger partial charge on any atom is -0.467 e. The number of furan rings is 1. The molecular formula is C15H22N4OS. The van der Waals surface area contributed by atoms with Gasteiger partial charge in [-0.15, -0.1) is 11.3 Å². The lowest BCUT2D eigenvalue weighted by Crippen LogP contribution is -2.38. The smallest absolute Gasteiger partial charge is 0.191 e. The van der Waals surface area contributed by atoms with E-state index < -0.39 is 0 Å². The van der Waals surface area contributed by atoms with E-state index in [0.29, 0.717) is 6.54 Å². The molecule has 0 saturated carbocycles. The van der Waals surface area contributed by atoms with Crippen molar-refractivity contribution in [2.45, 2.75) is 33.2 Å². The predicted molar refractivity (Wildman–Crippen MR) is 86.7 cm³/mol. The van der Waals surface area contributed by atoms with Gasteiger partial charge in [-0.3, -0.25) is 0 Å². The predicted octanol–water partition coefficient (Wildman–Crippen LogP) is 2.60. The van der Waals surface area contributed by atoms with Crippen LogP contribution >= 0.6 is 11.3 Å². The molecule has 2 aromatic rings. The first kappa shape index (κ1) is 15.6. The second-order valence-electron chi connectivity index (χ2n) is 4.53. The fraction of sp³-hybridized carbons (Fsp3) is 0.467. The van der Waals surface area contributed by atoms with Gasteiger partial charge in [0, 0.05) is 30.6 Å². The molecule has 0 aliphatic rings. The van der Waals surface area contributed by atoms with Gasteiger partial charge in [-0.2, -0.15) is 0 Å². The highest BCUT2D eigenvalue weighted by Crippen LogP contribution is 2.13. The second kappa shape index (κ2) is 8.46. The summed E-state index contributed by atoms with van der Waals surface area (Å²) in [6, 6.07) is 3.80. The molecule has 0 unspecified atom stereocenters. The van der Waals surface area contributed by atoms with E-state index in [1.54, 1.807) is 17.6 Å². The van der Waals surface area contributed by atoms with E-state index in [-0.39, 0.29) is 0 Å². The average Bonchev–Trinajstić information content (AvgIpc) is 3.16. The zero-order valence-electron chi connectivity index (χ0n) is 12.6. The van der Waals surface area contributed by atoms with Crippen molar-refractivity contribution >= 4 is 17.3 Å². The number of hydrogen-bond acceptors (Lipinski definition) is 4. The molecule has 2 N–H and O–H groups in total. The molecule has 0 spiro atoms. The van der Waals surface area contributed by atoms with Crippen molar-refractivity contribution < 1.29 is 4.42 Å². The Morgan fingerprint density at radius 3 is 2.95 bits per heavy atom. The molecule has 0 bridgehead atoms. The lowest BCUT2D eigenvalue weighted by atomic mass is 10.4. The topological polar surface area (TPSA) is 62.5 Å². The van der Waals surface area contributed by atoms with E-state index in [9.17, 15) is 0 Å². The number of aryl methyl sites for hydroxylation is 1. The minimum absolute atomic E-state index is 0.541. The molecule has 21 heavy (non-hydrogen) atoms. The summed E-state index contributed by atoms with van der Waals surface area (Å²) in [5.74, 6) is 1.67. The fourth-order valence-corrected chi connectivity index (χ4v) is 2.68. The number of hydrogen-bond donors (Lipinski definition) is 2. The molecule has 2 heterocycles. The summed E-state index contributed by atoms with van der Waals surface area (Å²) in [6.45, 7) is 6.40. The highest BCUT2D eigenvalue weighted by Gasteiger charge is 2.02. The van der Waals surface area contributed by atoms with Crippen LogP contribution in [0.15, 0.2) is 34.0 Å². The Labute approximate surface area is 129 Å². The zero-order chi connectivity index (χ0) is 14.9. The highest BCUT2D eigenvalue weighted by molar-refractivity contribution is 7.11. The molecule has 2 rings (SSSR count). The summed E-state index contributed by atoms with van der Waals surface area (Å²) in [5, 5.41) is 7.72. The Hall–Kier alpha value is -1.82. The minimum atomic E-state index is 0.541. The molecule has 5 nitrogen and oxygen atoms in total. The molecule has 0 amide bonds. The van der Waals surface area contributed by atoms with Crippen molar-refractivity contribution in [2.75, 3.05) is 13.1 Å². The summed E-state index contributed by atoms with van der Waals surface area (Å²) >= 11 is 1.78. The largest absolute Gasteiger partial charge is 0.467 e. The highest BCUT2D eigenvalue weighted by atomic mass is 32.1. The molecule has 0 saturated heterocycles. The Kier molecular flexibility index (Phi) is 6.27. The summed E-state index contributed by atoms with van der Waals surface area (Å²) in [7, 11) is 0. The molecule has 0 atom stereocenters. The number of aromatic nitrogens is 1. The van der Waals surface area contributed by atoms with Crippen LogP contribution in [-0.4, -0.2) is 24.0 Å². The molecule has 6 heteroatoms. The van der Waals surface area contributed by atoms with Gasteiger partial charge in [0.15, 0.2) is 5.96 Å². The first-order valence-corrected chi connectivity index (χ1v) is 8.11. The van der Waals surface area contributed by atoms with Crippen LogP contribution in [-0.2, 0) is 19.4 Å². The van der Waals surface area contributed by atoms with Crippen molar-refractivity contribution in [3.8, 4) is 0 Å². The van der Waals surface area contributed by atoms with Crippen molar-refractivity contribution in [3.05, 3.63) is 40.2 Å². The molecule has 0 radical (unpaired) electrons. The van der Waals surface area contributed by atoms with Crippen LogP contribution in [0.5, 0.6) is 0 Å². The summed E-state index contributed by atoms with van der Waals surface area (Å²) in [6.07, 6.45) is 5.60. The lowest BCUT2D eigenvalue weighted by molar-refractivity contribution is 0.512. The van der Waals surface area contributed by atoms with E-state index in [2.05, 4.69) is 34.5 Å². The number of guanidine groups is 1. The van der Waals surface area contributed by atoms with E-state index in [0.717, 1.165) is 37.7 Å². The van der Waals surface area contributed by atoms with Crippen molar-refractivity contribution in [1.82, 2.24) is 15.6 Å². The van der Waals surface area contributed by atoms with Gasteiger partial charge in [-0.05, 0) is 25.5 Å². The summed E-state index contributed by atoms with van der Waals surface area (Å²) < 4.78 is 5.28. The third-order valence-corrected chi connectivity index (χ3v) is 4.10. The summed E-state index contributed by atoms with van der Waals surface area (Å²) in [4.78, 5) is 10.2. The fourth-order valence-electron chi connectivity index (χ4n) is 1.82. The van der Waals surface area contributed by atoms with Crippen molar-refractivity contribution in [2.24, 2.45) is 4.99 Å². The average molecular weight is 306 g/mol. The van der Waals surface area contributed by atoms with Crippen LogP contribution < -0.4 is 10.6 Å². The monoisotopic (exact) mass is 306 g/mol. The van der Waals surface area contributed by atoms with E-state index in [1.807, 2.05) is 18.3 Å². The third kappa shape index (κ3) is 5.23. The van der Waals surface area contributed by atoms with Gasteiger partial charge in [0.25, 0.3) is 0 Å². The van der Waals surface area contributed by atoms with Gasteiger partial charge in [0.05, 0.1) is 11.3 Å². The van der Waals surface area contributed by atoms with Crippen LogP contribution in [0, 0.1) is 0 Å². The SMILES string of the molecule is CCNC(=NCc1ccco1)NCCc1ncc(CC)s1. The molecule has 0 aliphatic carbocycles. The Balaban J connectivity index is 1.80. The summed E-state index contributed by atoms with van der Waals surface area (Å²) in [5.41, 5.74) is 0. The van der Waals surface area contributed by atoms with Crippen LogP contribution in [0.3, 0.4) is 0 Å². The van der Waals surface area contributed by atoms with Gasteiger partial charge in [-0.1, -0.05) is 6.92 Å². The van der Waals surface area contributed by atoms with Crippen LogP contribution in [0.1, 0.15) is 29.5 Å². The number of nitrogens with one attached hydrogen (secondary N) is 2. The molecule has 0 aromatic carbocycles. The Morgan fingerprint density at radius 2 is 2.29 bits per heavy atom. The molecular weight excluding hydrogens is 284 g/mol. The van der Waals surface area contributed by atoms with Gasteiger partial charge in [-0.25, -0.2) is 9.98 Å². The normalized spacial score (nSPS) is 11.6. The standard InChI is InChI=1S/C15H22N4OS/c1-3-13-11-18-14(21-13)7-8-17-15(16-4-2)19-10-12-6-5-9-20-12/h5-6,9,11H,3-4,7-8,10H2,1-2H3,(H2,16,17,19). The lowest BCUT2D eigenvalue weighted by Gasteiger charge is -2.10. The van der Waals surface area contributed by atoms with E-state index >= 15 is 0 Å². The van der Waals surface area contributed by atoms with Gasteiger partial charge >= 0.3 is 0 Å². The number of aliphatic imine (C=N–C) groups is 1. The molecule has 114 valence electrons. The van der Waals surface area contributed by atoms with Crippen LogP contribution in [0.4, 0.5) is 0 Å². The van der Waals surface area contributed by atoms with E-state index in [4.69, 9.17) is 4.42 Å². The van der Waals surface area contributed by atoms with Gasteiger partial charge in [0.2, 0.25) is 0 Å². The van der Waals surface area contributed by atoms with Gasteiger partial charge in [0.1, 0.15) is 12.3 Å². The first-order chi connectivity index (χ1) is 10.3.